The summed E-state index contributed by atoms with van der Waals surface area (Å²) in [7, 11) is 0. The Labute approximate surface area is 215 Å². The van der Waals surface area contributed by atoms with Gasteiger partial charge in [-0.3, -0.25) is 4.98 Å². The molecule has 192 valence electrons. The van der Waals surface area contributed by atoms with Crippen LogP contribution in [0, 0.1) is 12.4 Å². The summed E-state index contributed by atoms with van der Waals surface area (Å²) in [4.78, 5) is 22.4. The number of pyridine rings is 1. The minimum Gasteiger partial charge on any atom is -0.504 e. The minimum absolute atomic E-state index is 0.0717. The number of ether oxygens (including phenoxy) is 2. The summed E-state index contributed by atoms with van der Waals surface area (Å²) in [5, 5.41) is 5.91. The molecule has 1 aliphatic carbocycles. The molecule has 2 amide bonds. The molecule has 0 unspecified atom stereocenters. The van der Waals surface area contributed by atoms with Crippen LogP contribution in [0.4, 0.5) is 20.6 Å². The van der Waals surface area contributed by atoms with Crippen LogP contribution in [0.25, 0.3) is 15.7 Å². The normalized spacial score (nSPS) is 15.7. The number of carbonyl (C=O) groups excluding carboxylic acids is 1. The number of hydrogen-bond acceptors (Lipinski definition) is 5. The number of urea groups is 1. The zero-order valence-electron chi connectivity index (χ0n) is 20.6. The predicted molar refractivity (Wildman–Crippen MR) is 140 cm³/mol. The number of halogens is 1. The molecule has 2 heterocycles. The Balaban J connectivity index is 1.26. The van der Waals surface area contributed by atoms with E-state index in [0.717, 1.165) is 38.9 Å². The van der Waals surface area contributed by atoms with Crippen LogP contribution in [-0.2, 0) is 0 Å². The number of likely N-dealkylation sites (tertiary alicyclic amines) is 1. The van der Waals surface area contributed by atoms with Crippen LogP contribution in [0.3, 0.4) is 0 Å². The van der Waals surface area contributed by atoms with Crippen LogP contribution < -0.4 is 20.1 Å². The molecule has 1 saturated heterocycles. The van der Waals surface area contributed by atoms with Crippen LogP contribution in [0.2, 0.25) is 0 Å². The van der Waals surface area contributed by atoms with Gasteiger partial charge in [-0.1, -0.05) is 6.42 Å². The molecule has 0 bridgehead atoms. The number of nitrogens with one attached hydrogen (secondary N) is 2. The van der Waals surface area contributed by atoms with E-state index in [9.17, 15) is 9.18 Å². The lowest BCUT2D eigenvalue weighted by atomic mass is 10.1. The third-order valence-corrected chi connectivity index (χ3v) is 6.56. The van der Waals surface area contributed by atoms with E-state index < -0.39 is 11.8 Å². The van der Waals surface area contributed by atoms with Gasteiger partial charge < -0.3 is 25.0 Å². The molecule has 1 aromatic heterocycles. The van der Waals surface area contributed by atoms with Gasteiger partial charge in [0.1, 0.15) is 23.1 Å². The van der Waals surface area contributed by atoms with Crippen molar-refractivity contribution >= 4 is 28.3 Å². The molecule has 2 N–H and O–H groups in total. The third kappa shape index (κ3) is 6.46. The SMILES string of the molecule is [C-]#[N+]c1cc2c(Oc3ccc(NC(=O)NC4CC4)c(F)c3)ccnc2cc1OCCCN1CCCCC1. The van der Waals surface area contributed by atoms with Crippen molar-refractivity contribution < 1.29 is 18.7 Å². The number of rotatable bonds is 9. The predicted octanol–water partition coefficient (Wildman–Crippen LogP) is 6.26. The number of hydrogen-bond donors (Lipinski definition) is 2. The summed E-state index contributed by atoms with van der Waals surface area (Å²) in [6, 6.07) is 9.12. The summed E-state index contributed by atoms with van der Waals surface area (Å²) < 4.78 is 26.5. The van der Waals surface area contributed by atoms with Crippen LogP contribution in [-0.4, -0.2) is 48.2 Å². The lowest BCUT2D eigenvalue weighted by Crippen LogP contribution is -2.31. The van der Waals surface area contributed by atoms with Crippen LogP contribution >= 0.6 is 0 Å². The van der Waals surface area contributed by atoms with E-state index in [0.29, 0.717) is 34.7 Å². The van der Waals surface area contributed by atoms with E-state index in [4.69, 9.17) is 16.0 Å². The first-order valence-electron chi connectivity index (χ1n) is 12.8. The van der Waals surface area contributed by atoms with Gasteiger partial charge in [-0.25, -0.2) is 14.0 Å². The molecule has 5 rings (SSSR count). The molecule has 9 heteroatoms. The number of anilines is 1. The van der Waals surface area contributed by atoms with E-state index in [-0.39, 0.29) is 17.5 Å². The van der Waals surface area contributed by atoms with Crippen molar-refractivity contribution in [1.29, 1.82) is 0 Å². The number of piperidine rings is 1. The van der Waals surface area contributed by atoms with Crippen molar-refractivity contribution in [2.75, 3.05) is 31.6 Å². The van der Waals surface area contributed by atoms with Crippen molar-refractivity contribution in [2.45, 2.75) is 44.6 Å². The Morgan fingerprint density at radius 3 is 2.73 bits per heavy atom. The van der Waals surface area contributed by atoms with E-state index in [2.05, 4.69) is 25.4 Å². The van der Waals surface area contributed by atoms with Gasteiger partial charge in [0.05, 0.1) is 24.4 Å². The fraction of sp³-hybridized carbons (Fsp3) is 0.393. The molecule has 3 aromatic rings. The van der Waals surface area contributed by atoms with Gasteiger partial charge in [-0.05, 0) is 75.5 Å². The van der Waals surface area contributed by atoms with Gasteiger partial charge in [-0.15, -0.1) is 0 Å². The van der Waals surface area contributed by atoms with Gasteiger partial charge in [0.15, 0.2) is 0 Å². The first-order chi connectivity index (χ1) is 18.1. The molecule has 0 spiro atoms. The Morgan fingerprint density at radius 2 is 1.97 bits per heavy atom. The molecule has 0 radical (unpaired) electrons. The summed E-state index contributed by atoms with van der Waals surface area (Å²) in [5.74, 6) is 0.597. The Hall–Kier alpha value is -3.90. The summed E-state index contributed by atoms with van der Waals surface area (Å²) in [5.41, 5.74) is 1.06. The lowest BCUT2D eigenvalue weighted by Gasteiger charge is -2.26. The topological polar surface area (TPSA) is 80.1 Å². The van der Waals surface area contributed by atoms with E-state index in [1.165, 1.54) is 31.4 Å². The molecule has 8 nitrogen and oxygen atoms in total. The molecule has 2 fully saturated rings. The quantitative estimate of drug-likeness (QED) is 0.266. The highest BCUT2D eigenvalue weighted by Crippen LogP contribution is 2.38. The third-order valence-electron chi connectivity index (χ3n) is 6.56. The Morgan fingerprint density at radius 1 is 1.14 bits per heavy atom. The molecule has 37 heavy (non-hydrogen) atoms. The molecule has 2 aliphatic rings. The van der Waals surface area contributed by atoms with Gasteiger partial charge in [0.2, 0.25) is 5.69 Å². The molecular weight excluding hydrogens is 473 g/mol. The largest absolute Gasteiger partial charge is 0.504 e. The summed E-state index contributed by atoms with van der Waals surface area (Å²) in [6.07, 6.45) is 8.22. The van der Waals surface area contributed by atoms with Crippen molar-refractivity contribution in [1.82, 2.24) is 15.2 Å². The average Bonchev–Trinajstić information content (AvgIpc) is 3.72. The van der Waals surface area contributed by atoms with Gasteiger partial charge in [0, 0.05) is 30.2 Å². The standard InChI is InChI=1S/C28H30FN5O3/c1-30-25-17-21-24(18-27(25)36-15-5-14-34-12-3-2-4-13-34)31-11-10-26(21)37-20-8-9-23(22(29)16-20)33-28(35)32-19-6-7-19/h8-11,16-19H,2-7,12-15H2,(H2,32,33,35). The van der Waals surface area contributed by atoms with E-state index in [1.54, 1.807) is 30.5 Å². The summed E-state index contributed by atoms with van der Waals surface area (Å²) in [6.45, 7) is 11.4. The second-order valence-electron chi connectivity index (χ2n) is 9.48. The number of nitrogens with zero attached hydrogens (tertiary/aromatic N) is 3. The highest BCUT2D eigenvalue weighted by molar-refractivity contribution is 5.91. The summed E-state index contributed by atoms with van der Waals surface area (Å²) >= 11 is 0. The maximum Gasteiger partial charge on any atom is 0.319 e. The second-order valence-corrected chi connectivity index (χ2v) is 9.48. The maximum absolute atomic E-state index is 14.6. The number of carbonyl (C=O) groups is 1. The zero-order chi connectivity index (χ0) is 25.6. The minimum atomic E-state index is -0.608. The molecule has 2 aromatic carbocycles. The number of fused-ring (bicyclic) bond motifs is 1. The lowest BCUT2D eigenvalue weighted by molar-refractivity contribution is 0.205. The number of amides is 2. The molecular formula is C28H30FN5O3. The Kier molecular flexibility index (Phi) is 7.66. The molecule has 1 aliphatic heterocycles. The highest BCUT2D eigenvalue weighted by Gasteiger charge is 2.23. The smallest absolute Gasteiger partial charge is 0.319 e. The number of benzene rings is 2. The maximum atomic E-state index is 14.6. The van der Waals surface area contributed by atoms with E-state index >= 15 is 0 Å². The van der Waals surface area contributed by atoms with Crippen molar-refractivity contribution in [2.24, 2.45) is 0 Å². The fourth-order valence-electron chi connectivity index (χ4n) is 4.44. The van der Waals surface area contributed by atoms with Gasteiger partial charge in [0.25, 0.3) is 0 Å². The van der Waals surface area contributed by atoms with E-state index in [1.807, 2.05) is 0 Å². The van der Waals surface area contributed by atoms with Crippen LogP contribution in [0.1, 0.15) is 38.5 Å². The second kappa shape index (κ2) is 11.4. The molecule has 0 atom stereocenters. The monoisotopic (exact) mass is 503 g/mol. The molecule has 1 saturated carbocycles. The van der Waals surface area contributed by atoms with Gasteiger partial charge >= 0.3 is 6.03 Å². The first kappa shape index (κ1) is 24.8. The highest BCUT2D eigenvalue weighted by atomic mass is 19.1. The number of aromatic nitrogens is 1. The van der Waals surface area contributed by atoms with Crippen LogP contribution in [0.5, 0.6) is 17.2 Å². The first-order valence-corrected chi connectivity index (χ1v) is 12.8. The van der Waals surface area contributed by atoms with Crippen molar-refractivity contribution in [3.63, 3.8) is 0 Å². The Bertz CT molecular complexity index is 1320. The average molecular weight is 504 g/mol. The van der Waals surface area contributed by atoms with Gasteiger partial charge in [-0.2, -0.15) is 0 Å². The zero-order valence-corrected chi connectivity index (χ0v) is 20.6. The van der Waals surface area contributed by atoms with Crippen molar-refractivity contribution in [3.8, 4) is 17.2 Å². The fourth-order valence-corrected chi connectivity index (χ4v) is 4.44. The van der Waals surface area contributed by atoms with Crippen LogP contribution in [0.15, 0.2) is 42.6 Å². The van der Waals surface area contributed by atoms with Crippen molar-refractivity contribution in [3.05, 3.63) is 59.8 Å².